The van der Waals surface area contributed by atoms with E-state index in [1.807, 2.05) is 13.8 Å². The van der Waals surface area contributed by atoms with Gasteiger partial charge in [0.25, 0.3) is 0 Å². The molecular weight excluding hydrogens is 192 g/mol. The van der Waals surface area contributed by atoms with Gasteiger partial charge in [-0.25, -0.2) is 0 Å². The molecule has 1 fully saturated rings. The molecule has 3 N–H and O–H groups in total. The van der Waals surface area contributed by atoms with Gasteiger partial charge in [-0.15, -0.1) is 0 Å². The van der Waals surface area contributed by atoms with Gasteiger partial charge in [0, 0.05) is 0 Å². The first-order valence-electron chi connectivity index (χ1n) is 5.79. The summed E-state index contributed by atoms with van der Waals surface area (Å²) in [6.45, 7) is 4.92. The lowest BCUT2D eigenvalue weighted by Crippen LogP contribution is -2.51. The highest BCUT2D eigenvalue weighted by Gasteiger charge is 2.23. The summed E-state index contributed by atoms with van der Waals surface area (Å²) >= 11 is 0. The van der Waals surface area contributed by atoms with Gasteiger partial charge in [-0.05, 0) is 25.3 Å². The van der Waals surface area contributed by atoms with Crippen LogP contribution in [0.25, 0.3) is 0 Å². The van der Waals surface area contributed by atoms with Crippen molar-refractivity contribution >= 4 is 5.91 Å². The number of aliphatic hydroxyl groups excluding tert-OH is 1. The molecule has 0 aliphatic carbocycles. The number of piperidine rings is 1. The van der Waals surface area contributed by atoms with E-state index >= 15 is 0 Å². The van der Waals surface area contributed by atoms with Crippen molar-refractivity contribution in [2.45, 2.75) is 45.2 Å². The average molecular weight is 214 g/mol. The van der Waals surface area contributed by atoms with Crippen LogP contribution in [-0.2, 0) is 4.79 Å². The van der Waals surface area contributed by atoms with Crippen molar-refractivity contribution < 1.29 is 9.90 Å². The molecule has 0 bridgehead atoms. The van der Waals surface area contributed by atoms with Gasteiger partial charge in [-0.3, -0.25) is 4.79 Å². The lowest BCUT2D eigenvalue weighted by atomic mass is 10.0. The molecule has 0 saturated carbocycles. The molecule has 1 rings (SSSR count). The van der Waals surface area contributed by atoms with Crippen LogP contribution >= 0.6 is 0 Å². The van der Waals surface area contributed by atoms with Crippen molar-refractivity contribution in [2.24, 2.45) is 5.92 Å². The molecular formula is C11H22N2O2. The van der Waals surface area contributed by atoms with Crippen LogP contribution in [0, 0.1) is 5.92 Å². The van der Waals surface area contributed by atoms with Crippen LogP contribution in [0.4, 0.5) is 0 Å². The Morgan fingerprint density at radius 1 is 1.53 bits per heavy atom. The Morgan fingerprint density at radius 2 is 2.27 bits per heavy atom. The summed E-state index contributed by atoms with van der Waals surface area (Å²) < 4.78 is 0. The second-order valence-corrected chi connectivity index (χ2v) is 4.54. The van der Waals surface area contributed by atoms with Crippen molar-refractivity contribution in [3.05, 3.63) is 0 Å². The SMILES string of the molecule is CC(C)C(CO)NC(=O)C1CCCCN1. The highest BCUT2D eigenvalue weighted by atomic mass is 16.3. The van der Waals surface area contributed by atoms with E-state index < -0.39 is 0 Å². The number of nitrogens with one attached hydrogen (secondary N) is 2. The maximum atomic E-state index is 11.8. The maximum Gasteiger partial charge on any atom is 0.237 e. The van der Waals surface area contributed by atoms with E-state index in [9.17, 15) is 4.79 Å². The van der Waals surface area contributed by atoms with E-state index in [4.69, 9.17) is 5.11 Å². The fraction of sp³-hybridized carbons (Fsp3) is 0.909. The first-order chi connectivity index (χ1) is 7.15. The molecule has 1 aliphatic heterocycles. The largest absolute Gasteiger partial charge is 0.394 e. The minimum absolute atomic E-state index is 0.0100. The standard InChI is InChI=1S/C11H22N2O2/c1-8(2)10(7-14)13-11(15)9-5-3-4-6-12-9/h8-10,12,14H,3-7H2,1-2H3,(H,13,15). The van der Waals surface area contributed by atoms with Crippen molar-refractivity contribution in [1.82, 2.24) is 10.6 Å². The molecule has 1 aliphatic rings. The summed E-state index contributed by atoms with van der Waals surface area (Å²) in [6.07, 6.45) is 3.16. The molecule has 1 saturated heterocycles. The van der Waals surface area contributed by atoms with Crippen molar-refractivity contribution in [1.29, 1.82) is 0 Å². The van der Waals surface area contributed by atoms with Gasteiger partial charge < -0.3 is 15.7 Å². The molecule has 2 atom stereocenters. The first-order valence-corrected chi connectivity index (χ1v) is 5.79. The predicted molar refractivity (Wildman–Crippen MR) is 59.5 cm³/mol. The highest BCUT2D eigenvalue weighted by Crippen LogP contribution is 2.08. The van der Waals surface area contributed by atoms with Gasteiger partial charge in [0.1, 0.15) is 0 Å². The molecule has 2 unspecified atom stereocenters. The molecule has 1 heterocycles. The van der Waals surface area contributed by atoms with Crippen molar-refractivity contribution in [3.63, 3.8) is 0 Å². The molecule has 88 valence electrons. The van der Waals surface area contributed by atoms with E-state index in [1.54, 1.807) is 0 Å². The molecule has 15 heavy (non-hydrogen) atoms. The van der Waals surface area contributed by atoms with Crippen LogP contribution in [0.5, 0.6) is 0 Å². The Morgan fingerprint density at radius 3 is 2.73 bits per heavy atom. The zero-order chi connectivity index (χ0) is 11.3. The van der Waals surface area contributed by atoms with Gasteiger partial charge in [0.05, 0.1) is 18.7 Å². The van der Waals surface area contributed by atoms with E-state index in [1.165, 1.54) is 0 Å². The van der Waals surface area contributed by atoms with E-state index in [0.29, 0.717) is 0 Å². The summed E-state index contributed by atoms with van der Waals surface area (Å²) in [5.41, 5.74) is 0. The number of carbonyl (C=O) groups is 1. The van der Waals surface area contributed by atoms with Gasteiger partial charge in [-0.1, -0.05) is 20.3 Å². The van der Waals surface area contributed by atoms with Gasteiger partial charge in [0.2, 0.25) is 5.91 Å². The monoisotopic (exact) mass is 214 g/mol. The number of amides is 1. The summed E-state index contributed by atoms with van der Waals surface area (Å²) in [5, 5.41) is 15.2. The second kappa shape index (κ2) is 6.08. The Hall–Kier alpha value is -0.610. The Kier molecular flexibility index (Phi) is 5.05. The van der Waals surface area contributed by atoms with Gasteiger partial charge in [0.15, 0.2) is 0 Å². The van der Waals surface area contributed by atoms with E-state index in [2.05, 4.69) is 10.6 Å². The van der Waals surface area contributed by atoms with E-state index in [-0.39, 0.29) is 30.5 Å². The smallest absolute Gasteiger partial charge is 0.237 e. The minimum Gasteiger partial charge on any atom is -0.394 e. The normalized spacial score (nSPS) is 23.9. The zero-order valence-electron chi connectivity index (χ0n) is 9.62. The number of carbonyl (C=O) groups excluding carboxylic acids is 1. The Balaban J connectivity index is 2.38. The minimum atomic E-state index is -0.124. The molecule has 4 nitrogen and oxygen atoms in total. The van der Waals surface area contributed by atoms with Gasteiger partial charge in [-0.2, -0.15) is 0 Å². The van der Waals surface area contributed by atoms with Crippen molar-refractivity contribution in [3.8, 4) is 0 Å². The Bertz CT molecular complexity index is 201. The molecule has 0 spiro atoms. The summed E-state index contributed by atoms with van der Waals surface area (Å²) in [7, 11) is 0. The molecule has 0 radical (unpaired) electrons. The molecule has 1 amide bonds. The topological polar surface area (TPSA) is 61.4 Å². The van der Waals surface area contributed by atoms with Crippen LogP contribution < -0.4 is 10.6 Å². The lowest BCUT2D eigenvalue weighted by Gasteiger charge is -2.26. The second-order valence-electron chi connectivity index (χ2n) is 4.54. The number of hydrogen-bond donors (Lipinski definition) is 3. The van der Waals surface area contributed by atoms with Crippen molar-refractivity contribution in [2.75, 3.05) is 13.2 Å². The first kappa shape index (κ1) is 12.5. The fourth-order valence-electron chi connectivity index (χ4n) is 1.78. The van der Waals surface area contributed by atoms with Crippen LogP contribution in [0.15, 0.2) is 0 Å². The van der Waals surface area contributed by atoms with Crippen LogP contribution in [0.3, 0.4) is 0 Å². The maximum absolute atomic E-state index is 11.8. The van der Waals surface area contributed by atoms with Crippen LogP contribution in [0.2, 0.25) is 0 Å². The fourth-order valence-corrected chi connectivity index (χ4v) is 1.78. The molecule has 0 aromatic heterocycles. The number of hydrogen-bond acceptors (Lipinski definition) is 3. The summed E-state index contributed by atoms with van der Waals surface area (Å²) in [4.78, 5) is 11.8. The van der Waals surface area contributed by atoms with Gasteiger partial charge >= 0.3 is 0 Å². The van der Waals surface area contributed by atoms with Crippen LogP contribution in [-0.4, -0.2) is 36.2 Å². The Labute approximate surface area is 91.4 Å². The quantitative estimate of drug-likeness (QED) is 0.629. The highest BCUT2D eigenvalue weighted by molar-refractivity contribution is 5.82. The molecule has 0 aromatic rings. The zero-order valence-corrected chi connectivity index (χ0v) is 9.62. The van der Waals surface area contributed by atoms with E-state index in [0.717, 1.165) is 25.8 Å². The summed E-state index contributed by atoms with van der Waals surface area (Å²) in [6, 6.07) is -0.187. The predicted octanol–water partition coefficient (Wildman–Crippen LogP) is 0.262. The molecule has 4 heteroatoms. The summed E-state index contributed by atoms with van der Waals surface area (Å²) in [5.74, 6) is 0.296. The number of rotatable bonds is 4. The third-order valence-corrected chi connectivity index (χ3v) is 2.96. The van der Waals surface area contributed by atoms with Crippen LogP contribution in [0.1, 0.15) is 33.1 Å². The lowest BCUT2D eigenvalue weighted by molar-refractivity contribution is -0.125. The third-order valence-electron chi connectivity index (χ3n) is 2.96. The third kappa shape index (κ3) is 3.80. The molecule has 0 aromatic carbocycles. The number of aliphatic hydroxyl groups is 1. The average Bonchev–Trinajstić information content (AvgIpc) is 2.26.